The number of ether oxygens (including phenoxy) is 6. The molecule has 0 saturated carbocycles. The first-order chi connectivity index (χ1) is 9.72. The molecule has 0 fully saturated rings. The summed E-state index contributed by atoms with van der Waals surface area (Å²) in [4.78, 5) is 11.7. The fourth-order valence-electron chi connectivity index (χ4n) is 1.31. The summed E-state index contributed by atoms with van der Waals surface area (Å²) in [6.07, 6.45) is 0. The van der Waals surface area contributed by atoms with Crippen LogP contribution in [0, 0.1) is 0 Å². The second-order valence-corrected chi connectivity index (χ2v) is 3.60. The standard InChI is InChI=1S/C13H18O7/c1-15-7-18-11-5-4-10(13(14)20-9-17-3)6-12(11)19-8-16-2/h4-6H,7-9H2,1-3H3. The molecule has 0 N–H and O–H groups in total. The smallest absolute Gasteiger partial charge is 0.340 e. The van der Waals surface area contributed by atoms with Gasteiger partial charge in [0.25, 0.3) is 0 Å². The Morgan fingerprint density at radius 2 is 1.50 bits per heavy atom. The predicted octanol–water partition coefficient (Wildman–Crippen LogP) is 1.41. The number of hydrogen-bond acceptors (Lipinski definition) is 7. The van der Waals surface area contributed by atoms with E-state index in [1.807, 2.05) is 0 Å². The van der Waals surface area contributed by atoms with Crippen LogP contribution < -0.4 is 9.47 Å². The van der Waals surface area contributed by atoms with Crippen molar-refractivity contribution in [1.29, 1.82) is 0 Å². The molecule has 0 unspecified atom stereocenters. The largest absolute Gasteiger partial charge is 0.464 e. The lowest BCUT2D eigenvalue weighted by Gasteiger charge is -2.13. The van der Waals surface area contributed by atoms with Crippen molar-refractivity contribution >= 4 is 5.97 Å². The zero-order valence-corrected chi connectivity index (χ0v) is 11.7. The van der Waals surface area contributed by atoms with E-state index in [1.165, 1.54) is 27.4 Å². The van der Waals surface area contributed by atoms with Gasteiger partial charge < -0.3 is 28.4 Å². The number of carbonyl (C=O) groups excluding carboxylic acids is 1. The Labute approximate surface area is 117 Å². The number of esters is 1. The van der Waals surface area contributed by atoms with Gasteiger partial charge in [-0.1, -0.05) is 0 Å². The van der Waals surface area contributed by atoms with E-state index >= 15 is 0 Å². The van der Waals surface area contributed by atoms with Gasteiger partial charge in [0.1, 0.15) is 0 Å². The van der Waals surface area contributed by atoms with Crippen molar-refractivity contribution in [3.63, 3.8) is 0 Å². The molecule has 0 atom stereocenters. The van der Waals surface area contributed by atoms with Crippen LogP contribution in [-0.4, -0.2) is 47.7 Å². The summed E-state index contributed by atoms with van der Waals surface area (Å²) in [6.45, 7) is -0.0221. The minimum atomic E-state index is -0.521. The molecule has 0 amide bonds. The van der Waals surface area contributed by atoms with Crippen molar-refractivity contribution in [2.45, 2.75) is 0 Å². The molecule has 0 bridgehead atoms. The first-order valence-electron chi connectivity index (χ1n) is 5.76. The number of carbonyl (C=O) groups is 1. The van der Waals surface area contributed by atoms with Crippen LogP contribution in [0.2, 0.25) is 0 Å². The number of rotatable bonds is 9. The molecule has 0 aliphatic carbocycles. The third-order valence-electron chi connectivity index (χ3n) is 2.15. The van der Waals surface area contributed by atoms with Crippen molar-refractivity contribution in [2.24, 2.45) is 0 Å². The lowest BCUT2D eigenvalue weighted by molar-refractivity contribution is -0.0126. The quantitative estimate of drug-likeness (QED) is 0.502. The molecule has 112 valence electrons. The lowest BCUT2D eigenvalue weighted by Crippen LogP contribution is -2.09. The molecule has 0 saturated heterocycles. The molecule has 7 heteroatoms. The highest BCUT2D eigenvalue weighted by atomic mass is 16.7. The van der Waals surface area contributed by atoms with E-state index in [-0.39, 0.29) is 20.4 Å². The van der Waals surface area contributed by atoms with Gasteiger partial charge in [0, 0.05) is 21.3 Å². The zero-order chi connectivity index (χ0) is 14.8. The van der Waals surface area contributed by atoms with Crippen molar-refractivity contribution < 1.29 is 33.2 Å². The fraction of sp³-hybridized carbons (Fsp3) is 0.462. The Hall–Kier alpha value is -1.83. The summed E-state index contributed by atoms with van der Waals surface area (Å²) in [5, 5.41) is 0. The molecule has 20 heavy (non-hydrogen) atoms. The fourth-order valence-corrected chi connectivity index (χ4v) is 1.31. The third kappa shape index (κ3) is 5.04. The van der Waals surface area contributed by atoms with E-state index in [9.17, 15) is 4.79 Å². The van der Waals surface area contributed by atoms with Crippen molar-refractivity contribution in [2.75, 3.05) is 41.7 Å². The predicted molar refractivity (Wildman–Crippen MR) is 68.7 cm³/mol. The highest BCUT2D eigenvalue weighted by Crippen LogP contribution is 2.28. The normalized spacial score (nSPS) is 10.2. The maximum atomic E-state index is 11.7. The monoisotopic (exact) mass is 286 g/mol. The zero-order valence-electron chi connectivity index (χ0n) is 11.7. The Morgan fingerprint density at radius 1 is 0.900 bits per heavy atom. The minimum absolute atomic E-state index is 0.0277. The molecule has 0 aromatic heterocycles. The topological polar surface area (TPSA) is 72.5 Å². The summed E-state index contributed by atoms with van der Waals surface area (Å²) in [6, 6.07) is 4.65. The van der Waals surface area contributed by atoms with Gasteiger partial charge in [-0.2, -0.15) is 0 Å². The number of benzene rings is 1. The number of methoxy groups -OCH3 is 3. The van der Waals surface area contributed by atoms with Crippen LogP contribution in [0.15, 0.2) is 18.2 Å². The van der Waals surface area contributed by atoms with Gasteiger partial charge in [0.2, 0.25) is 0 Å². The molecule has 1 rings (SSSR count). The van der Waals surface area contributed by atoms with Gasteiger partial charge in [0.05, 0.1) is 5.56 Å². The van der Waals surface area contributed by atoms with E-state index < -0.39 is 5.97 Å². The van der Waals surface area contributed by atoms with E-state index in [0.29, 0.717) is 17.1 Å². The van der Waals surface area contributed by atoms with Gasteiger partial charge in [-0.25, -0.2) is 4.79 Å². The van der Waals surface area contributed by atoms with Gasteiger partial charge in [-0.15, -0.1) is 0 Å². The van der Waals surface area contributed by atoms with E-state index in [0.717, 1.165) is 0 Å². The Morgan fingerprint density at radius 3 is 2.10 bits per heavy atom. The highest BCUT2D eigenvalue weighted by Gasteiger charge is 2.13. The molecule has 1 aromatic carbocycles. The third-order valence-corrected chi connectivity index (χ3v) is 2.15. The lowest BCUT2D eigenvalue weighted by atomic mass is 10.2. The van der Waals surface area contributed by atoms with E-state index in [2.05, 4.69) is 4.74 Å². The minimum Gasteiger partial charge on any atom is -0.464 e. The molecule has 0 aliphatic rings. The maximum absolute atomic E-state index is 11.7. The Bertz CT molecular complexity index is 419. The first-order valence-corrected chi connectivity index (χ1v) is 5.76. The van der Waals surface area contributed by atoms with E-state index in [4.69, 9.17) is 23.7 Å². The maximum Gasteiger partial charge on any atom is 0.340 e. The molecule has 1 aromatic rings. The van der Waals surface area contributed by atoms with Crippen LogP contribution in [0.1, 0.15) is 10.4 Å². The van der Waals surface area contributed by atoms with Gasteiger partial charge >= 0.3 is 5.97 Å². The van der Waals surface area contributed by atoms with Crippen molar-refractivity contribution in [3.05, 3.63) is 23.8 Å². The summed E-state index contributed by atoms with van der Waals surface area (Å²) in [7, 11) is 4.43. The molecule has 0 radical (unpaired) electrons. The molecule has 7 nitrogen and oxygen atoms in total. The SMILES string of the molecule is COCOC(=O)c1ccc(OCOC)c(OCOC)c1. The van der Waals surface area contributed by atoms with Crippen LogP contribution >= 0.6 is 0 Å². The first kappa shape index (κ1) is 16.2. The van der Waals surface area contributed by atoms with Crippen LogP contribution in [0.4, 0.5) is 0 Å². The Balaban J connectivity index is 2.85. The van der Waals surface area contributed by atoms with Crippen LogP contribution in [-0.2, 0) is 18.9 Å². The van der Waals surface area contributed by atoms with Gasteiger partial charge in [-0.3, -0.25) is 0 Å². The summed E-state index contributed by atoms with van der Waals surface area (Å²) >= 11 is 0. The van der Waals surface area contributed by atoms with Crippen molar-refractivity contribution in [1.82, 2.24) is 0 Å². The average Bonchev–Trinajstić information content (AvgIpc) is 2.48. The number of hydrogen-bond donors (Lipinski definition) is 0. The molecule has 0 aliphatic heterocycles. The van der Waals surface area contributed by atoms with Gasteiger partial charge in [-0.05, 0) is 18.2 Å². The molecule has 0 spiro atoms. The second kappa shape index (κ2) is 9.13. The summed E-state index contributed by atoms with van der Waals surface area (Å²) in [5.41, 5.74) is 0.318. The summed E-state index contributed by atoms with van der Waals surface area (Å²) < 4.78 is 29.8. The summed E-state index contributed by atoms with van der Waals surface area (Å²) in [5.74, 6) is 0.273. The molecular weight excluding hydrogens is 268 g/mol. The molecular formula is C13H18O7. The van der Waals surface area contributed by atoms with Crippen LogP contribution in [0.5, 0.6) is 11.5 Å². The van der Waals surface area contributed by atoms with Crippen molar-refractivity contribution in [3.8, 4) is 11.5 Å². The van der Waals surface area contributed by atoms with Crippen LogP contribution in [0.3, 0.4) is 0 Å². The second-order valence-electron chi connectivity index (χ2n) is 3.60. The Kier molecular flexibility index (Phi) is 7.41. The van der Waals surface area contributed by atoms with Crippen LogP contribution in [0.25, 0.3) is 0 Å². The van der Waals surface area contributed by atoms with E-state index in [1.54, 1.807) is 12.1 Å². The average molecular weight is 286 g/mol. The molecule has 0 heterocycles. The highest BCUT2D eigenvalue weighted by molar-refractivity contribution is 5.90. The van der Waals surface area contributed by atoms with Gasteiger partial charge in [0.15, 0.2) is 31.9 Å².